The van der Waals surface area contributed by atoms with Crippen molar-refractivity contribution >= 4 is 29.0 Å². The zero-order valence-corrected chi connectivity index (χ0v) is 17.0. The SMILES string of the molecule is CSc1ccc(CN2CCCN(CC(=O)NCc3ccccc3)CC2)s1. The lowest BCUT2D eigenvalue weighted by atomic mass is 10.2. The van der Waals surface area contributed by atoms with Gasteiger partial charge < -0.3 is 5.32 Å². The first-order valence-electron chi connectivity index (χ1n) is 9.11. The van der Waals surface area contributed by atoms with E-state index in [0.717, 1.165) is 44.7 Å². The number of nitrogens with one attached hydrogen (secondary N) is 1. The maximum Gasteiger partial charge on any atom is 0.234 e. The fourth-order valence-electron chi connectivity index (χ4n) is 3.17. The average molecular weight is 390 g/mol. The summed E-state index contributed by atoms with van der Waals surface area (Å²) < 4.78 is 1.38. The molecule has 1 aliphatic heterocycles. The number of amides is 1. The molecule has 1 amide bonds. The van der Waals surface area contributed by atoms with E-state index in [1.165, 1.54) is 9.09 Å². The number of hydrogen-bond acceptors (Lipinski definition) is 5. The fraction of sp³-hybridized carbons (Fsp3) is 0.450. The summed E-state index contributed by atoms with van der Waals surface area (Å²) in [7, 11) is 0. The molecule has 140 valence electrons. The minimum Gasteiger partial charge on any atom is -0.351 e. The van der Waals surface area contributed by atoms with Crippen molar-refractivity contribution in [2.24, 2.45) is 0 Å². The van der Waals surface area contributed by atoms with Crippen LogP contribution in [0, 0.1) is 0 Å². The normalized spacial score (nSPS) is 16.3. The van der Waals surface area contributed by atoms with Gasteiger partial charge in [-0.2, -0.15) is 0 Å². The number of benzene rings is 1. The molecule has 3 rings (SSSR count). The lowest BCUT2D eigenvalue weighted by Crippen LogP contribution is -2.39. The van der Waals surface area contributed by atoms with E-state index in [9.17, 15) is 4.79 Å². The molecule has 1 aliphatic rings. The van der Waals surface area contributed by atoms with Crippen molar-refractivity contribution in [2.75, 3.05) is 39.0 Å². The largest absolute Gasteiger partial charge is 0.351 e. The Hall–Kier alpha value is -1.34. The van der Waals surface area contributed by atoms with Gasteiger partial charge in [0.1, 0.15) is 0 Å². The molecule has 1 N–H and O–H groups in total. The lowest BCUT2D eigenvalue weighted by molar-refractivity contribution is -0.122. The van der Waals surface area contributed by atoms with E-state index in [1.807, 2.05) is 53.4 Å². The summed E-state index contributed by atoms with van der Waals surface area (Å²) in [4.78, 5) is 18.5. The van der Waals surface area contributed by atoms with Gasteiger partial charge in [0.05, 0.1) is 10.8 Å². The van der Waals surface area contributed by atoms with Crippen molar-refractivity contribution in [3.8, 4) is 0 Å². The first-order chi connectivity index (χ1) is 12.7. The fourth-order valence-corrected chi connectivity index (χ4v) is 4.81. The second-order valence-electron chi connectivity index (χ2n) is 6.59. The Labute approximate surface area is 164 Å². The maximum atomic E-state index is 12.2. The molecule has 0 bridgehead atoms. The molecular formula is C20H27N3OS2. The van der Waals surface area contributed by atoms with Crippen LogP contribution in [-0.2, 0) is 17.9 Å². The summed E-state index contributed by atoms with van der Waals surface area (Å²) >= 11 is 3.71. The topological polar surface area (TPSA) is 35.6 Å². The van der Waals surface area contributed by atoms with Gasteiger partial charge in [0.15, 0.2) is 0 Å². The molecule has 1 saturated heterocycles. The molecule has 0 atom stereocenters. The van der Waals surface area contributed by atoms with Gasteiger partial charge >= 0.3 is 0 Å². The van der Waals surface area contributed by atoms with E-state index in [-0.39, 0.29) is 5.91 Å². The number of nitrogens with zero attached hydrogens (tertiary/aromatic N) is 2. The third-order valence-corrected chi connectivity index (χ3v) is 6.75. The molecule has 0 saturated carbocycles. The average Bonchev–Trinajstić information content (AvgIpc) is 3.01. The van der Waals surface area contributed by atoms with Gasteiger partial charge in [0.2, 0.25) is 5.91 Å². The van der Waals surface area contributed by atoms with Gasteiger partial charge in [-0.25, -0.2) is 0 Å². The van der Waals surface area contributed by atoms with Crippen LogP contribution in [0.15, 0.2) is 46.7 Å². The highest BCUT2D eigenvalue weighted by atomic mass is 32.2. The molecule has 1 fully saturated rings. The molecule has 1 aromatic heterocycles. The van der Waals surface area contributed by atoms with Crippen LogP contribution >= 0.6 is 23.1 Å². The number of hydrogen-bond donors (Lipinski definition) is 1. The Bertz CT molecular complexity index is 689. The monoisotopic (exact) mass is 389 g/mol. The highest BCUT2D eigenvalue weighted by Crippen LogP contribution is 2.26. The van der Waals surface area contributed by atoms with Gasteiger partial charge in [0.25, 0.3) is 0 Å². The van der Waals surface area contributed by atoms with Crippen molar-refractivity contribution in [1.82, 2.24) is 15.1 Å². The summed E-state index contributed by atoms with van der Waals surface area (Å²) in [5.74, 6) is 0.116. The molecule has 2 aromatic rings. The third-order valence-electron chi connectivity index (χ3n) is 4.60. The molecule has 26 heavy (non-hydrogen) atoms. The Morgan fingerprint density at radius 1 is 1.08 bits per heavy atom. The van der Waals surface area contributed by atoms with Crippen LogP contribution in [-0.4, -0.2) is 54.7 Å². The van der Waals surface area contributed by atoms with Crippen LogP contribution in [0.5, 0.6) is 0 Å². The molecule has 0 aliphatic carbocycles. The first kappa shape index (κ1) is 19.4. The molecule has 0 unspecified atom stereocenters. The van der Waals surface area contributed by atoms with Gasteiger partial charge in [-0.3, -0.25) is 14.6 Å². The van der Waals surface area contributed by atoms with E-state index in [4.69, 9.17) is 0 Å². The Kier molecular flexibility index (Phi) is 7.55. The summed E-state index contributed by atoms with van der Waals surface area (Å²) in [5.41, 5.74) is 1.14. The summed E-state index contributed by atoms with van der Waals surface area (Å²) in [6.07, 6.45) is 3.25. The molecule has 0 radical (unpaired) electrons. The molecule has 6 heteroatoms. The highest BCUT2D eigenvalue weighted by molar-refractivity contribution is 8.00. The number of thiophene rings is 1. The quantitative estimate of drug-likeness (QED) is 0.737. The summed E-state index contributed by atoms with van der Waals surface area (Å²) in [6.45, 7) is 6.22. The van der Waals surface area contributed by atoms with Gasteiger partial charge in [-0.1, -0.05) is 30.3 Å². The Morgan fingerprint density at radius 2 is 1.85 bits per heavy atom. The van der Waals surface area contributed by atoms with Crippen LogP contribution in [0.3, 0.4) is 0 Å². The number of carbonyl (C=O) groups is 1. The van der Waals surface area contributed by atoms with Crippen molar-refractivity contribution in [2.45, 2.75) is 23.7 Å². The van der Waals surface area contributed by atoms with Crippen LogP contribution in [0.25, 0.3) is 0 Å². The van der Waals surface area contributed by atoms with E-state index >= 15 is 0 Å². The van der Waals surface area contributed by atoms with Crippen molar-refractivity contribution in [1.29, 1.82) is 0 Å². The van der Waals surface area contributed by atoms with Crippen LogP contribution < -0.4 is 5.32 Å². The summed E-state index contributed by atoms with van der Waals surface area (Å²) in [6, 6.07) is 14.5. The van der Waals surface area contributed by atoms with Crippen molar-refractivity contribution < 1.29 is 4.79 Å². The Morgan fingerprint density at radius 3 is 2.62 bits per heavy atom. The number of thioether (sulfide) groups is 1. The molecule has 2 heterocycles. The molecular weight excluding hydrogens is 362 g/mol. The number of carbonyl (C=O) groups excluding carboxylic acids is 1. The van der Waals surface area contributed by atoms with E-state index in [1.54, 1.807) is 0 Å². The predicted octanol–water partition coefficient (Wildman–Crippen LogP) is 3.29. The second-order valence-corrected chi connectivity index (χ2v) is 8.87. The van der Waals surface area contributed by atoms with E-state index in [0.29, 0.717) is 13.1 Å². The van der Waals surface area contributed by atoms with Crippen LogP contribution in [0.1, 0.15) is 16.9 Å². The zero-order chi connectivity index (χ0) is 18.2. The minimum atomic E-state index is 0.116. The van der Waals surface area contributed by atoms with Crippen LogP contribution in [0.2, 0.25) is 0 Å². The van der Waals surface area contributed by atoms with E-state index < -0.39 is 0 Å². The molecule has 4 nitrogen and oxygen atoms in total. The van der Waals surface area contributed by atoms with E-state index in [2.05, 4.69) is 33.5 Å². The minimum absolute atomic E-state index is 0.116. The van der Waals surface area contributed by atoms with Crippen LogP contribution in [0.4, 0.5) is 0 Å². The first-order valence-corrected chi connectivity index (χ1v) is 11.1. The standard InChI is InChI=1S/C20H27N3OS2/c1-25-20-9-8-18(26-20)15-22-10-5-11-23(13-12-22)16-19(24)21-14-17-6-3-2-4-7-17/h2-4,6-9H,5,10-16H2,1H3,(H,21,24). The van der Waals surface area contributed by atoms with Gasteiger partial charge in [-0.15, -0.1) is 23.1 Å². The molecule has 0 spiro atoms. The van der Waals surface area contributed by atoms with Crippen molar-refractivity contribution in [3.63, 3.8) is 0 Å². The Balaban J connectivity index is 1.41. The second kappa shape index (κ2) is 10.1. The van der Waals surface area contributed by atoms with Gasteiger partial charge in [-0.05, 0) is 43.5 Å². The third kappa shape index (κ3) is 6.13. The summed E-state index contributed by atoms with van der Waals surface area (Å²) in [5, 5.41) is 3.03. The zero-order valence-electron chi connectivity index (χ0n) is 15.3. The highest BCUT2D eigenvalue weighted by Gasteiger charge is 2.17. The lowest BCUT2D eigenvalue weighted by Gasteiger charge is -2.21. The number of rotatable bonds is 7. The predicted molar refractivity (Wildman–Crippen MR) is 111 cm³/mol. The maximum absolute atomic E-state index is 12.2. The molecule has 1 aromatic carbocycles. The smallest absolute Gasteiger partial charge is 0.234 e. The van der Waals surface area contributed by atoms with Crippen molar-refractivity contribution in [3.05, 3.63) is 52.9 Å². The van der Waals surface area contributed by atoms with Gasteiger partial charge in [0, 0.05) is 31.1 Å².